The summed E-state index contributed by atoms with van der Waals surface area (Å²) in [6.07, 6.45) is -2.82. The highest BCUT2D eigenvalue weighted by molar-refractivity contribution is 6.36. The van der Waals surface area contributed by atoms with Crippen LogP contribution in [0.1, 0.15) is 11.1 Å². The van der Waals surface area contributed by atoms with E-state index in [4.69, 9.17) is 34.2 Å². The maximum Gasteiger partial charge on any atom is 0.416 e. The first-order valence-corrected chi connectivity index (χ1v) is 6.34. The van der Waals surface area contributed by atoms with Gasteiger partial charge in [0.05, 0.1) is 12.1 Å². The zero-order chi connectivity index (χ0) is 16.2. The van der Waals surface area contributed by atoms with Gasteiger partial charge in [0.25, 0.3) is 0 Å². The molecule has 1 aliphatic heterocycles. The molecule has 1 heterocycles. The van der Waals surface area contributed by atoms with E-state index < -0.39 is 11.7 Å². The second-order valence-electron chi connectivity index (χ2n) is 4.10. The molecule has 0 saturated heterocycles. The van der Waals surface area contributed by atoms with Gasteiger partial charge >= 0.3 is 6.18 Å². The molecule has 1 aromatic carbocycles. The van der Waals surface area contributed by atoms with Crippen LogP contribution < -0.4 is 5.73 Å². The predicted octanol–water partition coefficient (Wildman–Crippen LogP) is 4.13. The summed E-state index contributed by atoms with van der Waals surface area (Å²) in [5.41, 5.74) is 6.03. The van der Waals surface area contributed by atoms with Gasteiger partial charge in [0, 0.05) is 15.7 Å². The molecule has 1 aromatic rings. The number of aliphatic imine (C=N–C) groups is 1. The normalized spacial score (nSPS) is 13.8. The molecule has 0 spiro atoms. The van der Waals surface area contributed by atoms with Crippen molar-refractivity contribution in [3.63, 3.8) is 0 Å². The number of nitrogens with two attached hydrogens (primary N) is 1. The zero-order valence-corrected chi connectivity index (χ0v) is 12.3. The molecular weight excluding hydrogens is 326 g/mol. The maximum absolute atomic E-state index is 12.2. The first-order valence-electron chi connectivity index (χ1n) is 5.58. The number of nitrogens with zero attached hydrogens (tertiary/aromatic N) is 2. The number of hydrogen-bond acceptors (Lipinski definition) is 3. The second-order valence-corrected chi connectivity index (χ2v) is 4.91. The highest BCUT2D eigenvalue weighted by Crippen LogP contribution is 2.35. The lowest BCUT2D eigenvalue weighted by Crippen LogP contribution is -2.05. The Bertz CT molecular complexity index is 620. The Morgan fingerprint density at radius 1 is 1.29 bits per heavy atom. The first-order chi connectivity index (χ1) is 9.65. The van der Waals surface area contributed by atoms with Crippen LogP contribution in [0.15, 0.2) is 28.9 Å². The van der Waals surface area contributed by atoms with Crippen molar-refractivity contribution < 1.29 is 13.2 Å². The highest BCUT2D eigenvalue weighted by atomic mass is 35.5. The van der Waals surface area contributed by atoms with Crippen molar-refractivity contribution >= 4 is 28.9 Å². The van der Waals surface area contributed by atoms with Crippen LogP contribution in [0.3, 0.4) is 0 Å². The molecule has 8 heteroatoms. The average Bonchev–Trinajstić information content (AvgIpc) is 2.81. The van der Waals surface area contributed by atoms with Gasteiger partial charge in [0.1, 0.15) is 11.8 Å². The first kappa shape index (κ1) is 17.3. The molecule has 0 radical (unpaired) electrons. The summed E-state index contributed by atoms with van der Waals surface area (Å²) in [4.78, 5) is 3.77. The summed E-state index contributed by atoms with van der Waals surface area (Å²) in [6, 6.07) is 3.62. The van der Waals surface area contributed by atoms with Crippen LogP contribution in [0.25, 0.3) is 0 Å². The van der Waals surface area contributed by atoms with Crippen LogP contribution in [0.2, 0.25) is 10.0 Å². The summed E-state index contributed by atoms with van der Waals surface area (Å²) >= 11 is 11.1. The van der Waals surface area contributed by atoms with Crippen LogP contribution in [0.4, 0.5) is 13.2 Å². The van der Waals surface area contributed by atoms with Crippen LogP contribution >= 0.6 is 23.2 Å². The molecule has 0 fully saturated rings. The van der Waals surface area contributed by atoms with Gasteiger partial charge in [-0.05, 0) is 30.7 Å². The number of alkyl halides is 3. The van der Waals surface area contributed by atoms with Crippen LogP contribution in [0.5, 0.6) is 0 Å². The molecule has 0 unspecified atom stereocenters. The van der Waals surface area contributed by atoms with Crippen LogP contribution in [-0.4, -0.2) is 12.3 Å². The topological polar surface area (TPSA) is 62.2 Å². The fourth-order valence-electron chi connectivity index (χ4n) is 1.32. The van der Waals surface area contributed by atoms with E-state index in [2.05, 4.69) is 4.99 Å². The molecule has 112 valence electrons. The molecule has 0 aliphatic carbocycles. The lowest BCUT2D eigenvalue weighted by atomic mass is 10.1. The average molecular weight is 336 g/mol. The summed E-state index contributed by atoms with van der Waals surface area (Å²) < 4.78 is 36.5. The molecule has 0 amide bonds. The van der Waals surface area contributed by atoms with Gasteiger partial charge in [-0.1, -0.05) is 23.2 Å². The molecule has 2 rings (SSSR count). The van der Waals surface area contributed by atoms with Gasteiger partial charge < -0.3 is 5.73 Å². The lowest BCUT2D eigenvalue weighted by Gasteiger charge is -2.09. The van der Waals surface area contributed by atoms with Gasteiger partial charge in [-0.3, -0.25) is 4.99 Å². The van der Waals surface area contributed by atoms with Crippen molar-refractivity contribution in [2.45, 2.75) is 13.1 Å². The Labute approximate surface area is 129 Å². The monoisotopic (exact) mass is 335 g/mol. The number of rotatable bonds is 0. The molecule has 0 aromatic heterocycles. The molecular formula is C13H10Cl2F3N3. The standard InChI is InChI=1S/C8H5Cl2F3.C5H5N3/c1-4-6(9)2-5(3-7(4)10)8(11,12)13;6-2-5-1-4(7)3-8-5/h2-3H,1H3;1H,3,7H2. The Hall–Kier alpha value is -1.71. The van der Waals surface area contributed by atoms with E-state index >= 15 is 0 Å². The SMILES string of the molecule is Cc1c(Cl)cc(C(F)(F)F)cc1Cl.N#CC1=NCC(N)=C1. The zero-order valence-electron chi connectivity index (χ0n) is 10.8. The van der Waals surface area contributed by atoms with E-state index in [0.717, 1.165) is 12.1 Å². The molecule has 21 heavy (non-hydrogen) atoms. The minimum Gasteiger partial charge on any atom is -0.400 e. The Kier molecular flexibility index (Phi) is 5.64. The van der Waals surface area contributed by atoms with Crippen molar-refractivity contribution in [2.24, 2.45) is 10.7 Å². The number of hydrogen-bond donors (Lipinski definition) is 1. The van der Waals surface area contributed by atoms with Crippen molar-refractivity contribution in [1.29, 1.82) is 5.26 Å². The van der Waals surface area contributed by atoms with Crippen molar-refractivity contribution in [3.05, 3.63) is 45.1 Å². The Morgan fingerprint density at radius 2 is 1.81 bits per heavy atom. The number of nitriles is 1. The van der Waals surface area contributed by atoms with E-state index in [1.165, 1.54) is 0 Å². The van der Waals surface area contributed by atoms with Gasteiger partial charge in [-0.25, -0.2) is 0 Å². The molecule has 0 bridgehead atoms. The minimum atomic E-state index is -4.40. The molecule has 2 N–H and O–H groups in total. The smallest absolute Gasteiger partial charge is 0.400 e. The van der Waals surface area contributed by atoms with Gasteiger partial charge in [0.15, 0.2) is 0 Å². The second kappa shape index (κ2) is 6.83. The Balaban J connectivity index is 0.000000235. The van der Waals surface area contributed by atoms with Crippen LogP contribution in [0, 0.1) is 18.3 Å². The third-order valence-corrected chi connectivity index (χ3v) is 3.26. The molecule has 3 nitrogen and oxygen atoms in total. The third kappa shape index (κ3) is 4.96. The minimum absolute atomic E-state index is 0.0276. The summed E-state index contributed by atoms with van der Waals surface area (Å²) in [6.45, 7) is 2.05. The van der Waals surface area contributed by atoms with Crippen molar-refractivity contribution in [3.8, 4) is 6.07 Å². The van der Waals surface area contributed by atoms with E-state index in [0.29, 0.717) is 23.5 Å². The number of benzene rings is 1. The van der Waals surface area contributed by atoms with E-state index in [-0.39, 0.29) is 10.0 Å². The molecule has 1 aliphatic rings. The fraction of sp³-hybridized carbons (Fsp3) is 0.231. The predicted molar refractivity (Wildman–Crippen MR) is 76.4 cm³/mol. The molecule has 0 saturated carbocycles. The quantitative estimate of drug-likeness (QED) is 0.774. The van der Waals surface area contributed by atoms with Gasteiger partial charge in [-0.15, -0.1) is 0 Å². The van der Waals surface area contributed by atoms with Crippen molar-refractivity contribution in [2.75, 3.05) is 6.54 Å². The van der Waals surface area contributed by atoms with E-state index in [1.807, 2.05) is 6.07 Å². The largest absolute Gasteiger partial charge is 0.416 e. The summed E-state index contributed by atoms with van der Waals surface area (Å²) in [7, 11) is 0. The lowest BCUT2D eigenvalue weighted by molar-refractivity contribution is -0.137. The highest BCUT2D eigenvalue weighted by Gasteiger charge is 2.31. The number of halogens is 5. The summed E-state index contributed by atoms with van der Waals surface area (Å²) in [5.74, 6) is 0. The van der Waals surface area contributed by atoms with Gasteiger partial charge in [-0.2, -0.15) is 18.4 Å². The van der Waals surface area contributed by atoms with E-state index in [1.54, 1.807) is 13.0 Å². The van der Waals surface area contributed by atoms with Crippen LogP contribution in [-0.2, 0) is 6.18 Å². The molecule has 0 atom stereocenters. The number of allylic oxidation sites excluding steroid dienone is 1. The Morgan fingerprint density at radius 3 is 2.10 bits per heavy atom. The maximum atomic E-state index is 12.2. The summed E-state index contributed by atoms with van der Waals surface area (Å²) in [5, 5.41) is 8.26. The van der Waals surface area contributed by atoms with E-state index in [9.17, 15) is 13.2 Å². The van der Waals surface area contributed by atoms with Crippen molar-refractivity contribution in [1.82, 2.24) is 0 Å². The van der Waals surface area contributed by atoms with Gasteiger partial charge in [0.2, 0.25) is 0 Å². The third-order valence-electron chi connectivity index (χ3n) is 2.48. The fourth-order valence-corrected chi connectivity index (χ4v) is 1.81.